The summed E-state index contributed by atoms with van der Waals surface area (Å²) in [5.74, 6) is 0.784. The molecule has 1 aliphatic heterocycles. The lowest BCUT2D eigenvalue weighted by Gasteiger charge is -2.38. The first-order valence-corrected chi connectivity index (χ1v) is 8.34. The second kappa shape index (κ2) is 5.48. The molecular formula is C20H20N2O2. The Bertz CT molecular complexity index is 857. The molecule has 0 fully saturated rings. The number of nitro benzene ring substituents is 1. The van der Waals surface area contributed by atoms with E-state index in [0.29, 0.717) is 11.8 Å². The van der Waals surface area contributed by atoms with Crippen LogP contribution in [-0.2, 0) is 0 Å². The number of nitro groups is 1. The molecular weight excluding hydrogens is 300 g/mol. The summed E-state index contributed by atoms with van der Waals surface area (Å²) in [6, 6.07) is 11.6. The number of hydrogen-bond donors (Lipinski definition) is 1. The van der Waals surface area contributed by atoms with Gasteiger partial charge in [0, 0.05) is 23.7 Å². The molecule has 0 amide bonds. The molecule has 24 heavy (non-hydrogen) atoms. The molecule has 2 aromatic carbocycles. The van der Waals surface area contributed by atoms with E-state index in [-0.39, 0.29) is 16.7 Å². The van der Waals surface area contributed by atoms with Crippen molar-refractivity contribution in [3.05, 3.63) is 80.9 Å². The molecule has 4 heteroatoms. The van der Waals surface area contributed by atoms with Gasteiger partial charge in [0.25, 0.3) is 5.69 Å². The standard InChI is InChI=1S/C20H20N2O2/c1-12-9-10-18-16-7-4-8-17(16)20(21-19(18)13(12)2)14-5-3-6-15(11-14)22(23)24/h3-7,9-11,16-17,20-21H,8H2,1-2H3. The minimum absolute atomic E-state index is 0.0953. The summed E-state index contributed by atoms with van der Waals surface area (Å²) < 4.78 is 0. The Morgan fingerprint density at radius 1 is 1.21 bits per heavy atom. The second-order valence-electron chi connectivity index (χ2n) is 6.80. The number of nitrogens with one attached hydrogen (secondary N) is 1. The van der Waals surface area contributed by atoms with Crippen LogP contribution in [0.1, 0.15) is 40.6 Å². The number of non-ortho nitro benzene ring substituents is 1. The number of nitrogens with zero attached hydrogens (tertiary/aromatic N) is 1. The summed E-state index contributed by atoms with van der Waals surface area (Å²) in [6.45, 7) is 4.26. The monoisotopic (exact) mass is 320 g/mol. The van der Waals surface area contributed by atoms with Crippen LogP contribution in [0.25, 0.3) is 0 Å². The van der Waals surface area contributed by atoms with E-state index in [1.165, 1.54) is 22.4 Å². The lowest BCUT2D eigenvalue weighted by molar-refractivity contribution is -0.384. The Kier molecular flexibility index (Phi) is 3.41. The van der Waals surface area contributed by atoms with Gasteiger partial charge in [0.1, 0.15) is 0 Å². The first-order chi connectivity index (χ1) is 11.6. The first-order valence-electron chi connectivity index (χ1n) is 8.34. The van der Waals surface area contributed by atoms with E-state index >= 15 is 0 Å². The molecule has 1 N–H and O–H groups in total. The van der Waals surface area contributed by atoms with E-state index in [1.54, 1.807) is 18.2 Å². The molecule has 4 nitrogen and oxygen atoms in total. The summed E-state index contributed by atoms with van der Waals surface area (Å²) >= 11 is 0. The maximum atomic E-state index is 11.1. The van der Waals surface area contributed by atoms with Gasteiger partial charge < -0.3 is 5.32 Å². The van der Waals surface area contributed by atoms with Gasteiger partial charge in [-0.1, -0.05) is 36.4 Å². The van der Waals surface area contributed by atoms with Crippen molar-refractivity contribution in [2.24, 2.45) is 5.92 Å². The highest BCUT2D eigenvalue weighted by atomic mass is 16.6. The third kappa shape index (κ3) is 2.21. The van der Waals surface area contributed by atoms with Crippen LogP contribution in [0.3, 0.4) is 0 Å². The van der Waals surface area contributed by atoms with Gasteiger partial charge in [0.15, 0.2) is 0 Å². The van der Waals surface area contributed by atoms with Gasteiger partial charge in [-0.2, -0.15) is 0 Å². The summed E-state index contributed by atoms with van der Waals surface area (Å²) in [7, 11) is 0. The Hall–Kier alpha value is -2.62. The number of allylic oxidation sites excluding steroid dienone is 2. The van der Waals surface area contributed by atoms with Crippen molar-refractivity contribution >= 4 is 11.4 Å². The second-order valence-corrected chi connectivity index (χ2v) is 6.80. The van der Waals surface area contributed by atoms with Gasteiger partial charge in [0.05, 0.1) is 11.0 Å². The number of anilines is 1. The van der Waals surface area contributed by atoms with Gasteiger partial charge in [-0.05, 0) is 48.4 Å². The highest BCUT2D eigenvalue weighted by Crippen LogP contribution is 2.51. The number of fused-ring (bicyclic) bond motifs is 3. The van der Waals surface area contributed by atoms with Crippen molar-refractivity contribution in [3.8, 4) is 0 Å². The molecule has 2 aromatic rings. The smallest absolute Gasteiger partial charge is 0.269 e. The van der Waals surface area contributed by atoms with Crippen molar-refractivity contribution in [2.45, 2.75) is 32.2 Å². The fourth-order valence-corrected chi connectivity index (χ4v) is 4.08. The van der Waals surface area contributed by atoms with Crippen LogP contribution in [0.2, 0.25) is 0 Å². The van der Waals surface area contributed by atoms with Crippen LogP contribution in [0.5, 0.6) is 0 Å². The zero-order valence-corrected chi connectivity index (χ0v) is 13.8. The lowest BCUT2D eigenvalue weighted by Crippen LogP contribution is -2.29. The highest BCUT2D eigenvalue weighted by molar-refractivity contribution is 5.66. The zero-order chi connectivity index (χ0) is 16.8. The minimum Gasteiger partial charge on any atom is -0.377 e. The number of rotatable bonds is 2. The molecule has 122 valence electrons. The SMILES string of the molecule is Cc1ccc2c(c1C)NC(c1cccc([N+](=O)[O-])c1)C1CC=CC21. The van der Waals surface area contributed by atoms with Gasteiger partial charge in [-0.25, -0.2) is 0 Å². The van der Waals surface area contributed by atoms with Gasteiger partial charge in [-0.15, -0.1) is 0 Å². The van der Waals surface area contributed by atoms with Crippen molar-refractivity contribution < 1.29 is 4.92 Å². The molecule has 1 heterocycles. The molecule has 0 saturated carbocycles. The fraction of sp³-hybridized carbons (Fsp3) is 0.300. The number of aryl methyl sites for hydroxylation is 1. The van der Waals surface area contributed by atoms with Crippen LogP contribution in [-0.4, -0.2) is 4.92 Å². The van der Waals surface area contributed by atoms with Gasteiger partial charge >= 0.3 is 0 Å². The fourth-order valence-electron chi connectivity index (χ4n) is 4.08. The Labute approximate surface area is 141 Å². The van der Waals surface area contributed by atoms with Crippen molar-refractivity contribution in [2.75, 3.05) is 5.32 Å². The molecule has 3 unspecified atom stereocenters. The normalized spacial score (nSPS) is 24.2. The quantitative estimate of drug-likeness (QED) is 0.479. The summed E-state index contributed by atoms with van der Waals surface area (Å²) in [6.07, 6.45) is 5.53. The predicted molar refractivity (Wildman–Crippen MR) is 95.4 cm³/mol. The lowest BCUT2D eigenvalue weighted by atomic mass is 9.76. The van der Waals surface area contributed by atoms with Gasteiger partial charge in [-0.3, -0.25) is 10.1 Å². The molecule has 3 atom stereocenters. The summed E-state index contributed by atoms with van der Waals surface area (Å²) in [5.41, 5.74) is 6.22. The van der Waals surface area contributed by atoms with E-state index in [2.05, 4.69) is 43.4 Å². The maximum absolute atomic E-state index is 11.1. The van der Waals surface area contributed by atoms with E-state index in [9.17, 15) is 10.1 Å². The number of benzene rings is 2. The molecule has 1 aliphatic carbocycles. The third-order valence-corrected chi connectivity index (χ3v) is 5.51. The average molecular weight is 320 g/mol. The topological polar surface area (TPSA) is 55.2 Å². The van der Waals surface area contributed by atoms with Crippen LogP contribution >= 0.6 is 0 Å². The van der Waals surface area contributed by atoms with E-state index in [1.807, 2.05) is 6.07 Å². The molecule has 0 saturated heterocycles. The predicted octanol–water partition coefficient (Wildman–Crippen LogP) is 5.04. The van der Waals surface area contributed by atoms with E-state index < -0.39 is 0 Å². The zero-order valence-electron chi connectivity index (χ0n) is 13.8. The Balaban J connectivity index is 1.82. The Morgan fingerprint density at radius 2 is 2.04 bits per heavy atom. The summed E-state index contributed by atoms with van der Waals surface area (Å²) in [4.78, 5) is 10.8. The molecule has 0 radical (unpaired) electrons. The van der Waals surface area contributed by atoms with Crippen LogP contribution in [0.15, 0.2) is 48.6 Å². The maximum Gasteiger partial charge on any atom is 0.269 e. The van der Waals surface area contributed by atoms with Crippen molar-refractivity contribution in [3.63, 3.8) is 0 Å². The van der Waals surface area contributed by atoms with Crippen LogP contribution in [0.4, 0.5) is 11.4 Å². The largest absolute Gasteiger partial charge is 0.377 e. The number of hydrogen-bond acceptors (Lipinski definition) is 3. The van der Waals surface area contributed by atoms with E-state index in [0.717, 1.165) is 12.0 Å². The molecule has 0 aromatic heterocycles. The van der Waals surface area contributed by atoms with Gasteiger partial charge in [0.2, 0.25) is 0 Å². The van der Waals surface area contributed by atoms with Crippen LogP contribution in [0, 0.1) is 29.9 Å². The van der Waals surface area contributed by atoms with Crippen molar-refractivity contribution in [1.82, 2.24) is 0 Å². The summed E-state index contributed by atoms with van der Waals surface area (Å²) in [5, 5.41) is 14.8. The van der Waals surface area contributed by atoms with E-state index in [4.69, 9.17) is 0 Å². The van der Waals surface area contributed by atoms with Crippen molar-refractivity contribution in [1.29, 1.82) is 0 Å². The molecule has 4 rings (SSSR count). The molecule has 0 spiro atoms. The minimum atomic E-state index is -0.319. The highest BCUT2D eigenvalue weighted by Gasteiger charge is 2.38. The third-order valence-electron chi connectivity index (χ3n) is 5.51. The first kappa shape index (κ1) is 14.9. The molecule has 0 bridgehead atoms. The van der Waals surface area contributed by atoms with Crippen LogP contribution < -0.4 is 5.32 Å². The average Bonchev–Trinajstić information content (AvgIpc) is 3.07. The Morgan fingerprint density at radius 3 is 2.83 bits per heavy atom. The molecule has 2 aliphatic rings.